The molecule has 2 heterocycles. The Kier molecular flexibility index (Phi) is 5.85. The van der Waals surface area contributed by atoms with Crippen LogP contribution in [0.2, 0.25) is 0 Å². The molecule has 0 radical (unpaired) electrons. The van der Waals surface area contributed by atoms with E-state index in [1.807, 2.05) is 41.8 Å². The van der Waals surface area contributed by atoms with Crippen LogP contribution in [0, 0.1) is 24.4 Å². The minimum absolute atomic E-state index is 0.143. The van der Waals surface area contributed by atoms with Crippen LogP contribution >= 0.6 is 0 Å². The maximum Gasteiger partial charge on any atom is 0.160 e. The zero-order valence-corrected chi connectivity index (χ0v) is 18.3. The molecule has 1 aliphatic rings. The van der Waals surface area contributed by atoms with Gasteiger partial charge in [0.2, 0.25) is 0 Å². The first kappa shape index (κ1) is 21.6. The standard InChI is InChI=1S/C27H24F3NO2/c1-17-26-24(13-20(28)14-25(26)33-16-18-5-3-2-4-6-18)31(21-7-8-22(29)23(30)15-21)27(17)19-9-11-32-12-10-19/h2-8,13-15,19H,9-12,16H2,1H3. The van der Waals surface area contributed by atoms with Crippen LogP contribution in [-0.4, -0.2) is 17.8 Å². The van der Waals surface area contributed by atoms with Crippen LogP contribution in [0.3, 0.4) is 0 Å². The first-order chi connectivity index (χ1) is 16.0. The van der Waals surface area contributed by atoms with Gasteiger partial charge < -0.3 is 14.0 Å². The fourth-order valence-electron chi connectivity index (χ4n) is 4.76. The lowest BCUT2D eigenvalue weighted by Gasteiger charge is -2.25. The number of aromatic nitrogens is 1. The van der Waals surface area contributed by atoms with Crippen molar-refractivity contribution in [3.8, 4) is 11.4 Å². The van der Waals surface area contributed by atoms with E-state index in [0.717, 1.165) is 47.2 Å². The fraction of sp³-hybridized carbons (Fsp3) is 0.259. The third-order valence-electron chi connectivity index (χ3n) is 6.29. The topological polar surface area (TPSA) is 23.4 Å². The van der Waals surface area contributed by atoms with Gasteiger partial charge in [-0.25, -0.2) is 13.2 Å². The van der Waals surface area contributed by atoms with Crippen molar-refractivity contribution >= 4 is 10.9 Å². The maximum absolute atomic E-state index is 14.8. The molecule has 1 saturated heterocycles. The van der Waals surface area contributed by atoms with Gasteiger partial charge in [0.1, 0.15) is 18.2 Å². The lowest BCUT2D eigenvalue weighted by Crippen LogP contribution is -2.17. The van der Waals surface area contributed by atoms with Gasteiger partial charge in [0.25, 0.3) is 0 Å². The molecule has 33 heavy (non-hydrogen) atoms. The predicted octanol–water partition coefficient (Wildman–Crippen LogP) is 6.83. The number of benzene rings is 3. The summed E-state index contributed by atoms with van der Waals surface area (Å²) in [5, 5.41) is 0.776. The third kappa shape index (κ3) is 4.11. The second kappa shape index (κ2) is 8.94. The second-order valence-electron chi connectivity index (χ2n) is 8.40. The highest BCUT2D eigenvalue weighted by molar-refractivity contribution is 5.93. The minimum atomic E-state index is -0.943. The first-order valence-electron chi connectivity index (χ1n) is 11.1. The zero-order chi connectivity index (χ0) is 22.9. The second-order valence-corrected chi connectivity index (χ2v) is 8.40. The number of fused-ring (bicyclic) bond motifs is 1. The van der Waals surface area contributed by atoms with Gasteiger partial charge in [0.15, 0.2) is 11.6 Å². The van der Waals surface area contributed by atoms with Crippen molar-refractivity contribution in [2.75, 3.05) is 13.2 Å². The van der Waals surface area contributed by atoms with Gasteiger partial charge in [-0.15, -0.1) is 0 Å². The van der Waals surface area contributed by atoms with Gasteiger partial charge in [-0.2, -0.15) is 0 Å². The van der Waals surface area contributed by atoms with Crippen LogP contribution in [0.25, 0.3) is 16.6 Å². The fourth-order valence-corrected chi connectivity index (χ4v) is 4.76. The van der Waals surface area contributed by atoms with Crippen LogP contribution in [0.5, 0.6) is 5.75 Å². The van der Waals surface area contributed by atoms with Crippen molar-refractivity contribution in [3.63, 3.8) is 0 Å². The normalized spacial score (nSPS) is 14.7. The van der Waals surface area contributed by atoms with Crippen LogP contribution in [0.4, 0.5) is 13.2 Å². The molecule has 170 valence electrons. The van der Waals surface area contributed by atoms with Crippen LogP contribution in [0.15, 0.2) is 60.7 Å². The van der Waals surface area contributed by atoms with E-state index < -0.39 is 17.5 Å². The molecule has 3 nitrogen and oxygen atoms in total. The van der Waals surface area contributed by atoms with Crippen molar-refractivity contribution < 1.29 is 22.6 Å². The molecule has 6 heteroatoms. The summed E-state index contributed by atoms with van der Waals surface area (Å²) in [6.07, 6.45) is 1.59. The maximum atomic E-state index is 14.8. The van der Waals surface area contributed by atoms with Crippen LogP contribution in [-0.2, 0) is 11.3 Å². The number of ether oxygens (including phenoxy) is 2. The first-order valence-corrected chi connectivity index (χ1v) is 11.1. The van der Waals surface area contributed by atoms with Gasteiger partial charge in [0.05, 0.1) is 5.52 Å². The van der Waals surface area contributed by atoms with E-state index in [4.69, 9.17) is 9.47 Å². The molecular formula is C27H24F3NO2. The summed E-state index contributed by atoms with van der Waals surface area (Å²) in [5.74, 6) is -1.74. The van der Waals surface area contributed by atoms with E-state index in [1.54, 1.807) is 0 Å². The highest BCUT2D eigenvalue weighted by Gasteiger charge is 2.27. The Labute approximate surface area is 190 Å². The molecule has 1 fully saturated rings. The number of rotatable bonds is 5. The summed E-state index contributed by atoms with van der Waals surface area (Å²) in [4.78, 5) is 0. The molecule has 0 saturated carbocycles. The number of aryl methyl sites for hydroxylation is 1. The largest absolute Gasteiger partial charge is 0.488 e. The lowest BCUT2D eigenvalue weighted by molar-refractivity contribution is 0.0841. The molecule has 4 aromatic rings. The van der Waals surface area contributed by atoms with Gasteiger partial charge in [0, 0.05) is 48.0 Å². The Morgan fingerprint density at radius 3 is 2.42 bits per heavy atom. The smallest absolute Gasteiger partial charge is 0.160 e. The Hall–Kier alpha value is -3.25. The molecule has 0 atom stereocenters. The molecule has 0 bridgehead atoms. The van der Waals surface area contributed by atoms with Crippen molar-refractivity contribution in [2.45, 2.75) is 32.3 Å². The average molecular weight is 451 g/mol. The van der Waals surface area contributed by atoms with Gasteiger partial charge in [-0.05, 0) is 49.1 Å². The monoisotopic (exact) mass is 451 g/mol. The summed E-state index contributed by atoms with van der Waals surface area (Å²) in [6.45, 7) is 3.52. The predicted molar refractivity (Wildman–Crippen MR) is 121 cm³/mol. The summed E-state index contributed by atoms with van der Waals surface area (Å²) < 4.78 is 56.2. The SMILES string of the molecule is Cc1c(C2CCOCC2)n(-c2ccc(F)c(F)c2)c2cc(F)cc(OCc3ccccc3)c12. The number of halogens is 3. The summed E-state index contributed by atoms with van der Waals surface area (Å²) in [7, 11) is 0. The summed E-state index contributed by atoms with van der Waals surface area (Å²) >= 11 is 0. The average Bonchev–Trinajstić information content (AvgIpc) is 3.12. The van der Waals surface area contributed by atoms with E-state index in [1.165, 1.54) is 18.2 Å². The van der Waals surface area contributed by atoms with E-state index >= 15 is 0 Å². The molecule has 1 aliphatic heterocycles. The molecule has 3 aromatic carbocycles. The van der Waals surface area contributed by atoms with E-state index in [-0.39, 0.29) is 5.92 Å². The van der Waals surface area contributed by atoms with Crippen LogP contribution in [0.1, 0.15) is 35.6 Å². The lowest BCUT2D eigenvalue weighted by atomic mass is 9.93. The minimum Gasteiger partial charge on any atom is -0.488 e. The molecule has 0 aliphatic carbocycles. The zero-order valence-electron chi connectivity index (χ0n) is 18.3. The molecule has 0 unspecified atom stereocenters. The summed E-state index contributed by atoms with van der Waals surface area (Å²) in [5.41, 5.74) is 3.90. The Bertz CT molecular complexity index is 1290. The van der Waals surface area contributed by atoms with Crippen molar-refractivity contribution in [1.29, 1.82) is 0 Å². The molecule has 0 spiro atoms. The molecule has 5 rings (SSSR count). The number of hydrogen-bond donors (Lipinski definition) is 0. The van der Waals surface area contributed by atoms with Crippen molar-refractivity contribution in [3.05, 3.63) is 94.9 Å². The quantitative estimate of drug-likeness (QED) is 0.332. The highest BCUT2D eigenvalue weighted by Crippen LogP contribution is 2.42. The van der Waals surface area contributed by atoms with E-state index in [2.05, 4.69) is 0 Å². The number of hydrogen-bond acceptors (Lipinski definition) is 2. The van der Waals surface area contributed by atoms with Crippen molar-refractivity contribution in [1.82, 2.24) is 4.57 Å². The van der Waals surface area contributed by atoms with E-state index in [9.17, 15) is 13.2 Å². The number of nitrogens with zero attached hydrogens (tertiary/aromatic N) is 1. The highest BCUT2D eigenvalue weighted by atomic mass is 19.2. The van der Waals surface area contributed by atoms with Crippen LogP contribution < -0.4 is 4.74 Å². The third-order valence-corrected chi connectivity index (χ3v) is 6.29. The van der Waals surface area contributed by atoms with Crippen molar-refractivity contribution in [2.24, 2.45) is 0 Å². The molecule has 0 N–H and O–H groups in total. The molecule has 0 amide bonds. The Morgan fingerprint density at radius 1 is 0.939 bits per heavy atom. The van der Waals surface area contributed by atoms with Gasteiger partial charge in [-0.3, -0.25) is 0 Å². The Balaban J connectivity index is 1.70. The summed E-state index contributed by atoms with van der Waals surface area (Å²) in [6, 6.07) is 16.3. The van der Waals surface area contributed by atoms with E-state index in [0.29, 0.717) is 36.8 Å². The molecule has 1 aromatic heterocycles. The Morgan fingerprint density at radius 2 is 1.70 bits per heavy atom. The van der Waals surface area contributed by atoms with Gasteiger partial charge >= 0.3 is 0 Å². The van der Waals surface area contributed by atoms with Gasteiger partial charge in [-0.1, -0.05) is 30.3 Å². The molecular weight excluding hydrogens is 427 g/mol.